The molecule has 21 heavy (non-hydrogen) atoms. The highest BCUT2D eigenvalue weighted by Gasteiger charge is 2.19. The minimum atomic E-state index is -0.383. The van der Waals surface area contributed by atoms with Gasteiger partial charge in [-0.3, -0.25) is 0 Å². The van der Waals surface area contributed by atoms with E-state index in [0.717, 1.165) is 5.69 Å². The molecule has 1 aromatic carbocycles. The van der Waals surface area contributed by atoms with Crippen LogP contribution in [-0.4, -0.2) is 19.7 Å². The average molecular weight is 325 g/mol. The smallest absolute Gasteiger partial charge is 0.179 e. The fraction of sp³-hybridized carbons (Fsp3) is 0.214. The summed E-state index contributed by atoms with van der Waals surface area (Å²) in [5.41, 5.74) is 2.38. The topological polar surface area (TPSA) is 43.6 Å². The molecule has 1 atom stereocenters. The van der Waals surface area contributed by atoms with Crippen LogP contribution in [0.2, 0.25) is 10.2 Å². The van der Waals surface area contributed by atoms with Gasteiger partial charge in [0, 0.05) is 10.6 Å². The van der Waals surface area contributed by atoms with E-state index < -0.39 is 0 Å². The summed E-state index contributed by atoms with van der Waals surface area (Å²) in [5, 5.41) is 5.03. The van der Waals surface area contributed by atoms with Crippen LogP contribution in [0, 0.1) is 12.7 Å². The van der Waals surface area contributed by atoms with Crippen molar-refractivity contribution in [1.82, 2.24) is 19.7 Å². The van der Waals surface area contributed by atoms with Crippen LogP contribution in [0.1, 0.15) is 24.2 Å². The van der Waals surface area contributed by atoms with Crippen LogP contribution in [0.25, 0.3) is 11.2 Å². The minimum absolute atomic E-state index is 0.271. The normalized spacial score (nSPS) is 12.8. The van der Waals surface area contributed by atoms with E-state index in [0.29, 0.717) is 21.7 Å². The van der Waals surface area contributed by atoms with Gasteiger partial charge in [-0.25, -0.2) is 19.0 Å². The monoisotopic (exact) mass is 324 g/mol. The van der Waals surface area contributed by atoms with Gasteiger partial charge in [-0.05, 0) is 26.0 Å². The molecule has 0 aliphatic carbocycles. The molecule has 2 heterocycles. The van der Waals surface area contributed by atoms with Gasteiger partial charge in [-0.1, -0.05) is 29.3 Å². The fourth-order valence-corrected chi connectivity index (χ4v) is 2.56. The summed E-state index contributed by atoms with van der Waals surface area (Å²) >= 11 is 11.7. The number of aromatic nitrogens is 4. The SMILES string of the molecule is Cc1nn(C(C)c2ccc(Cl)cc2F)c2nc(Cl)cnc12. The van der Waals surface area contributed by atoms with Gasteiger partial charge in [0.25, 0.3) is 0 Å². The molecule has 2 aromatic heterocycles. The van der Waals surface area contributed by atoms with Gasteiger partial charge in [-0.2, -0.15) is 5.10 Å². The first-order valence-electron chi connectivity index (χ1n) is 6.29. The highest BCUT2D eigenvalue weighted by Crippen LogP contribution is 2.27. The van der Waals surface area contributed by atoms with E-state index in [4.69, 9.17) is 23.2 Å². The number of hydrogen-bond acceptors (Lipinski definition) is 3. The van der Waals surface area contributed by atoms with Crippen LogP contribution < -0.4 is 0 Å². The van der Waals surface area contributed by atoms with Crippen molar-refractivity contribution >= 4 is 34.4 Å². The number of rotatable bonds is 2. The van der Waals surface area contributed by atoms with Gasteiger partial charge in [-0.15, -0.1) is 0 Å². The summed E-state index contributed by atoms with van der Waals surface area (Å²) in [5.74, 6) is -0.383. The third-order valence-electron chi connectivity index (χ3n) is 3.32. The number of fused-ring (bicyclic) bond motifs is 1. The molecule has 108 valence electrons. The van der Waals surface area contributed by atoms with Crippen molar-refractivity contribution in [1.29, 1.82) is 0 Å². The van der Waals surface area contributed by atoms with Crippen molar-refractivity contribution in [2.75, 3.05) is 0 Å². The summed E-state index contributed by atoms with van der Waals surface area (Å²) in [4.78, 5) is 8.47. The molecule has 3 aromatic rings. The maximum Gasteiger partial charge on any atom is 0.179 e. The molecule has 0 spiro atoms. The Bertz CT molecular complexity index is 831. The summed E-state index contributed by atoms with van der Waals surface area (Å²) < 4.78 is 15.7. The van der Waals surface area contributed by atoms with Crippen LogP contribution in [0.4, 0.5) is 4.39 Å². The molecule has 1 unspecified atom stereocenters. The summed E-state index contributed by atoms with van der Waals surface area (Å²) in [6.45, 7) is 3.66. The molecule has 0 saturated carbocycles. The zero-order chi connectivity index (χ0) is 15.1. The summed E-state index contributed by atoms with van der Waals surface area (Å²) in [6.07, 6.45) is 1.47. The molecule has 0 aliphatic rings. The second kappa shape index (κ2) is 5.24. The van der Waals surface area contributed by atoms with E-state index in [1.807, 2.05) is 13.8 Å². The van der Waals surface area contributed by atoms with Crippen LogP contribution in [0.15, 0.2) is 24.4 Å². The van der Waals surface area contributed by atoms with Gasteiger partial charge < -0.3 is 0 Å². The Labute approximate surface area is 130 Å². The van der Waals surface area contributed by atoms with Crippen LogP contribution in [-0.2, 0) is 0 Å². The Hall–Kier alpha value is -1.72. The number of benzene rings is 1. The molecule has 3 rings (SSSR count). The lowest BCUT2D eigenvalue weighted by Crippen LogP contribution is -2.11. The van der Waals surface area contributed by atoms with E-state index in [1.54, 1.807) is 16.8 Å². The quantitative estimate of drug-likeness (QED) is 0.709. The van der Waals surface area contributed by atoms with Crippen molar-refractivity contribution < 1.29 is 4.39 Å². The zero-order valence-electron chi connectivity index (χ0n) is 11.3. The minimum Gasteiger partial charge on any atom is -0.248 e. The Balaban J connectivity index is 2.17. The third kappa shape index (κ3) is 2.47. The van der Waals surface area contributed by atoms with Gasteiger partial charge in [0.15, 0.2) is 5.65 Å². The molecule has 0 saturated heterocycles. The van der Waals surface area contributed by atoms with E-state index in [2.05, 4.69) is 15.1 Å². The fourth-order valence-electron chi connectivity index (χ4n) is 2.27. The maximum absolute atomic E-state index is 14.1. The Kier molecular flexibility index (Phi) is 3.55. The molecule has 0 amide bonds. The van der Waals surface area contributed by atoms with Crippen LogP contribution in [0.3, 0.4) is 0 Å². The summed E-state index contributed by atoms with van der Waals surface area (Å²) in [6, 6.07) is 4.22. The highest BCUT2D eigenvalue weighted by molar-refractivity contribution is 6.30. The molecule has 0 radical (unpaired) electrons. The first-order valence-corrected chi connectivity index (χ1v) is 7.05. The first-order chi connectivity index (χ1) is 9.97. The van der Waals surface area contributed by atoms with E-state index in [1.165, 1.54) is 12.3 Å². The Morgan fingerprint density at radius 3 is 2.76 bits per heavy atom. The predicted octanol–water partition coefficient (Wildman–Crippen LogP) is 4.19. The molecule has 0 aliphatic heterocycles. The average Bonchev–Trinajstić information content (AvgIpc) is 2.75. The lowest BCUT2D eigenvalue weighted by Gasteiger charge is -2.14. The molecule has 4 nitrogen and oxygen atoms in total. The maximum atomic E-state index is 14.1. The predicted molar refractivity (Wildman–Crippen MR) is 80.3 cm³/mol. The van der Waals surface area contributed by atoms with Gasteiger partial charge in [0.2, 0.25) is 0 Å². The van der Waals surface area contributed by atoms with Gasteiger partial charge in [0.1, 0.15) is 16.5 Å². The van der Waals surface area contributed by atoms with Crippen molar-refractivity contribution in [3.05, 3.63) is 51.6 Å². The van der Waals surface area contributed by atoms with Crippen molar-refractivity contribution in [3.63, 3.8) is 0 Å². The zero-order valence-corrected chi connectivity index (χ0v) is 12.8. The number of nitrogens with zero attached hydrogens (tertiary/aromatic N) is 4. The van der Waals surface area contributed by atoms with Crippen LogP contribution in [0.5, 0.6) is 0 Å². The number of aryl methyl sites for hydroxylation is 1. The van der Waals surface area contributed by atoms with Gasteiger partial charge >= 0.3 is 0 Å². The van der Waals surface area contributed by atoms with E-state index in [-0.39, 0.29) is 17.0 Å². The summed E-state index contributed by atoms with van der Waals surface area (Å²) in [7, 11) is 0. The molecule has 7 heteroatoms. The standard InChI is InChI=1S/C14H11Cl2FN4/c1-7-13-14(19-12(16)6-18-13)21(20-7)8(2)10-4-3-9(15)5-11(10)17/h3-6,8H,1-2H3. The first kappa shape index (κ1) is 14.2. The molecule has 0 N–H and O–H groups in total. The highest BCUT2D eigenvalue weighted by atomic mass is 35.5. The molecule has 0 bridgehead atoms. The van der Waals surface area contributed by atoms with Crippen molar-refractivity contribution in [2.24, 2.45) is 0 Å². The number of halogens is 3. The largest absolute Gasteiger partial charge is 0.248 e. The number of hydrogen-bond donors (Lipinski definition) is 0. The second-order valence-corrected chi connectivity index (χ2v) is 5.56. The Morgan fingerprint density at radius 2 is 2.05 bits per heavy atom. The van der Waals surface area contributed by atoms with Crippen LogP contribution >= 0.6 is 23.2 Å². The Morgan fingerprint density at radius 1 is 1.29 bits per heavy atom. The molecular weight excluding hydrogens is 314 g/mol. The van der Waals surface area contributed by atoms with Crippen molar-refractivity contribution in [3.8, 4) is 0 Å². The molecular formula is C14H11Cl2FN4. The third-order valence-corrected chi connectivity index (χ3v) is 3.74. The second-order valence-electron chi connectivity index (χ2n) is 4.74. The molecule has 0 fully saturated rings. The van der Waals surface area contributed by atoms with E-state index in [9.17, 15) is 4.39 Å². The van der Waals surface area contributed by atoms with E-state index >= 15 is 0 Å². The lowest BCUT2D eigenvalue weighted by atomic mass is 10.1. The lowest BCUT2D eigenvalue weighted by molar-refractivity contribution is 0.528. The van der Waals surface area contributed by atoms with Gasteiger partial charge in [0.05, 0.1) is 17.9 Å². The van der Waals surface area contributed by atoms with Crippen molar-refractivity contribution in [2.45, 2.75) is 19.9 Å².